The van der Waals surface area contributed by atoms with E-state index in [0.29, 0.717) is 265 Å². The van der Waals surface area contributed by atoms with Crippen molar-refractivity contribution in [3.8, 4) is 0 Å². The summed E-state index contributed by atoms with van der Waals surface area (Å²) in [6.45, 7) is 16.3. The highest BCUT2D eigenvalue weighted by Crippen LogP contribution is 2.32. The quantitative estimate of drug-likeness (QED) is 0.0287. The summed E-state index contributed by atoms with van der Waals surface area (Å²) < 4.78 is 151. The average molecular weight is 1730 g/mol. The molecule has 0 saturated carbocycles. The van der Waals surface area contributed by atoms with Crippen molar-refractivity contribution in [2.45, 2.75) is 118 Å². The highest BCUT2D eigenvalue weighted by Gasteiger charge is 2.52. The fourth-order valence-corrected chi connectivity index (χ4v) is 30.5. The fourth-order valence-electron chi connectivity index (χ4n) is 15.4. The van der Waals surface area contributed by atoms with Crippen molar-refractivity contribution in [1.29, 1.82) is 0 Å². The Labute approximate surface area is 673 Å². The number of nitrogens with one attached hydrogen (secondary N) is 6. The summed E-state index contributed by atoms with van der Waals surface area (Å²) in [5, 5.41) is 16.6. The third-order valence-electron chi connectivity index (χ3n) is 21.9. The number of hydrogen-bond acceptors (Lipinski definition) is 35. The van der Waals surface area contributed by atoms with Gasteiger partial charge in [0.25, 0.3) is 0 Å². The van der Waals surface area contributed by atoms with Gasteiger partial charge in [-0.15, -0.1) is 0 Å². The number of amides is 6. The number of ether oxygens (including phenoxy) is 6. The second kappa shape index (κ2) is 46.1. The van der Waals surface area contributed by atoms with Crippen molar-refractivity contribution in [2.75, 3.05) is 270 Å². The van der Waals surface area contributed by atoms with Crippen LogP contribution in [-0.4, -0.2) is 408 Å². The second-order valence-electron chi connectivity index (χ2n) is 29.8. The van der Waals surface area contributed by atoms with Gasteiger partial charge in [-0.05, 0) is 63.7 Å². The Morgan fingerprint density at radius 1 is 0.254 bits per heavy atom. The Hall–Kier alpha value is -4.00. The predicted octanol–water partition coefficient (Wildman–Crippen LogP) is 0.550. The molecule has 18 saturated heterocycles. The van der Waals surface area contributed by atoms with Crippen LogP contribution in [0, 0.1) is 5.92 Å². The van der Waals surface area contributed by atoms with Crippen LogP contribution in [0.3, 0.4) is 0 Å². The topological polar surface area (TPSA) is 412 Å². The van der Waals surface area contributed by atoms with Gasteiger partial charge in [0.2, 0.25) is 0 Å². The van der Waals surface area contributed by atoms with E-state index in [1.54, 1.807) is 0 Å². The zero-order chi connectivity index (χ0) is 79.0. The van der Waals surface area contributed by atoms with Crippen LogP contribution in [0.4, 0.5) is 28.8 Å². The number of carbonyl (C=O) groups is 6. The number of hydrogen-bond donors (Lipinski definition) is 6. The van der Waals surface area contributed by atoms with E-state index in [1.165, 1.54) is 0 Å². The first-order valence-electron chi connectivity index (χ1n) is 41.4. The molecule has 6 amide bonds. The van der Waals surface area contributed by atoms with Gasteiger partial charge in [-0.3, -0.25) is 24.5 Å². The molecule has 12 bridgehead atoms. The maximum absolute atomic E-state index is 15.0. The summed E-state index contributed by atoms with van der Waals surface area (Å²) >= 11 is 0. The highest BCUT2D eigenvalue weighted by atomic mass is 28.4. The first kappa shape index (κ1) is 89.3. The van der Waals surface area contributed by atoms with Crippen LogP contribution in [0.25, 0.3) is 0 Å². The summed E-state index contributed by atoms with van der Waals surface area (Å²) in [6, 6.07) is 2.04. The van der Waals surface area contributed by atoms with E-state index in [2.05, 4.69) is 56.4 Å². The van der Waals surface area contributed by atoms with Crippen LogP contribution >= 0.6 is 0 Å². The van der Waals surface area contributed by atoms with Crippen molar-refractivity contribution < 1.29 is 137 Å². The molecule has 114 heavy (non-hydrogen) atoms. The smallest absolute Gasteiger partial charge is 0.445 e. The van der Waals surface area contributed by atoms with E-state index in [1.807, 2.05) is 0 Å². The van der Waals surface area contributed by atoms with Crippen LogP contribution < -0.4 is 31.9 Å². The minimum absolute atomic E-state index is 0.0267. The van der Waals surface area contributed by atoms with Gasteiger partial charge in [0.15, 0.2) is 24.4 Å². The minimum atomic E-state index is -3.23. The minimum Gasteiger partial charge on any atom is -0.445 e. The molecular formula is C67H123N11O30Si6. The molecule has 0 aliphatic carbocycles. The van der Waals surface area contributed by atoms with Crippen molar-refractivity contribution in [3.63, 3.8) is 0 Å². The number of carbonyl (C=O) groups excluding carboxylic acids is 6. The highest BCUT2D eigenvalue weighted by molar-refractivity contribution is 6.62. The molecule has 0 aromatic heterocycles. The number of nitrogens with zero attached hydrogens (tertiary/aromatic N) is 5. The van der Waals surface area contributed by atoms with Gasteiger partial charge in [-0.1, -0.05) is 0 Å². The van der Waals surface area contributed by atoms with E-state index >= 15 is 9.59 Å². The van der Waals surface area contributed by atoms with Gasteiger partial charge >= 0.3 is 89.4 Å². The molecule has 47 heteroatoms. The summed E-state index contributed by atoms with van der Waals surface area (Å²) in [5.41, 5.74) is 0. The molecule has 4 unspecified atom stereocenters. The van der Waals surface area contributed by atoms with E-state index in [9.17, 15) is 19.2 Å². The number of rotatable bonds is 35. The lowest BCUT2D eigenvalue weighted by Gasteiger charge is -2.38. The third-order valence-corrected chi connectivity index (χ3v) is 39.3. The standard InChI is InChI=1S/C67H123N11O30Si6/c79-62(68-10-1-49-109-87-31-7-57(8-32-88-109)9-33-89-109)85-55-58(105-64(81)70-12-3-51-111-93-37-19-75(20-38-94-111)21-39-95-111)60(107-66(83)72-14-5-53-113-99-43-25-77(26-44-100-113)27-45-101-113)61(108-67(84)73-15-6-54-114-102-46-28-78(29-47-103-114)30-48-104-114)59(106-65(82)71-13-4-52-112-96-40-22-76(23-41-97-112)24-42-98-112)56-86-63(80)69-11-2-50-110-90-34-16-74(17-35-91-110)18-36-92-110/h57-61H,1-56H2,(H,68,79)(H,69,80)(H,70,81)(H,71,82)(H,72,83)(H,73,84). The predicted molar refractivity (Wildman–Crippen MR) is 410 cm³/mol. The van der Waals surface area contributed by atoms with Crippen molar-refractivity contribution in [2.24, 2.45) is 5.92 Å². The first-order valence-corrected chi connectivity index (χ1v) is 53.0. The van der Waals surface area contributed by atoms with Crippen LogP contribution in [0.15, 0.2) is 0 Å². The SMILES string of the molecule is O=C(NCCC[Si]12OCCC(CCO1)CCO2)OCC(OC(=O)NCCC[Si]12OCCN(CCO1)CCO2)C(OC(=O)NCCC[Si]12OCCN(CCO1)CCO2)C(OC(=O)NCCC[Si]12OCCN(CCO1)CCO2)C(COC(=O)NCCC[Si]12OCCN(CCO1)CCO2)OC(=O)NCCC[Si]12OCCN(CCO1)CCO2. The van der Waals surface area contributed by atoms with Crippen molar-refractivity contribution >= 4 is 89.4 Å². The summed E-state index contributed by atoms with van der Waals surface area (Å²) in [6.07, 6.45) is -10.2. The molecule has 0 spiro atoms. The largest absolute Gasteiger partial charge is 0.501 e. The van der Waals surface area contributed by atoms with E-state index in [4.69, 9.17) is 108 Å². The number of fused-ring (bicyclic) bond motifs is 36. The van der Waals surface area contributed by atoms with Gasteiger partial charge < -0.3 is 140 Å². The first-order chi connectivity index (χ1) is 55.6. The average Bonchev–Trinajstić information content (AvgIpc) is 0.844. The van der Waals surface area contributed by atoms with E-state index in [-0.39, 0.29) is 52.1 Å². The summed E-state index contributed by atoms with van der Waals surface area (Å²) in [7, 11) is -19.1. The molecule has 650 valence electrons. The molecule has 18 heterocycles. The van der Waals surface area contributed by atoms with Crippen LogP contribution in [0.5, 0.6) is 0 Å². The fraction of sp³-hybridized carbons (Fsp3) is 0.910. The molecule has 0 aromatic carbocycles. The Morgan fingerprint density at radius 3 is 0.632 bits per heavy atom. The summed E-state index contributed by atoms with van der Waals surface area (Å²) in [5.74, 6) is 0.445. The third kappa shape index (κ3) is 28.6. The zero-order valence-electron chi connectivity index (χ0n) is 66.0. The lowest BCUT2D eigenvalue weighted by atomic mass is 9.99. The van der Waals surface area contributed by atoms with Gasteiger partial charge in [-0.2, -0.15) is 0 Å². The molecule has 41 nitrogen and oxygen atoms in total. The maximum Gasteiger partial charge on any atom is 0.501 e. The second-order valence-corrected chi connectivity index (χ2v) is 46.2. The lowest BCUT2D eigenvalue weighted by Crippen LogP contribution is -2.57. The van der Waals surface area contributed by atoms with Gasteiger partial charge in [-0.25, -0.2) is 28.8 Å². The molecule has 18 rings (SSSR count). The Balaban J connectivity index is 0.827. The molecule has 6 N–H and O–H groups in total. The summed E-state index contributed by atoms with van der Waals surface area (Å²) in [4.78, 5) is 99.1. The van der Waals surface area contributed by atoms with Crippen LogP contribution in [0.1, 0.15) is 57.8 Å². The van der Waals surface area contributed by atoms with Gasteiger partial charge in [0.1, 0.15) is 13.2 Å². The van der Waals surface area contributed by atoms with E-state index in [0.717, 1.165) is 38.9 Å². The van der Waals surface area contributed by atoms with E-state index < -0.39 is 127 Å². The van der Waals surface area contributed by atoms with Crippen molar-refractivity contribution in [3.05, 3.63) is 0 Å². The monoisotopic (exact) mass is 1730 g/mol. The van der Waals surface area contributed by atoms with Crippen molar-refractivity contribution in [1.82, 2.24) is 56.4 Å². The Morgan fingerprint density at radius 2 is 0.430 bits per heavy atom. The molecule has 18 fully saturated rings. The molecule has 18 aliphatic heterocycles. The normalized spacial score (nSPS) is 33.1. The Bertz CT molecular complexity index is 2630. The zero-order valence-corrected chi connectivity index (χ0v) is 72.0. The Kier molecular flexibility index (Phi) is 36.1. The lowest BCUT2D eigenvalue weighted by molar-refractivity contribution is -0.130. The molecular weight excluding hydrogens is 1610 g/mol. The molecule has 18 aliphatic rings. The van der Waals surface area contributed by atoms with Gasteiger partial charge in [0.05, 0.1) is 99.1 Å². The molecule has 4 atom stereocenters. The van der Waals surface area contributed by atoms with Gasteiger partial charge in [0, 0.05) is 194 Å². The number of alkyl carbamates (subject to hydrolysis) is 6. The maximum atomic E-state index is 15.0. The van der Waals surface area contributed by atoms with Crippen LogP contribution in [0.2, 0.25) is 36.3 Å². The molecule has 0 radical (unpaired) electrons. The molecule has 0 aromatic rings. The van der Waals surface area contributed by atoms with Crippen LogP contribution in [-0.2, 0) is 108 Å².